The van der Waals surface area contributed by atoms with E-state index in [0.717, 1.165) is 22.8 Å². The number of carbonyl (C=O) groups is 1. The molecule has 1 heterocycles. The summed E-state index contributed by atoms with van der Waals surface area (Å²) >= 11 is 0. The number of halogens is 1. The van der Waals surface area contributed by atoms with Gasteiger partial charge in [0.15, 0.2) is 0 Å². The van der Waals surface area contributed by atoms with E-state index < -0.39 is 11.8 Å². The Morgan fingerprint density at radius 1 is 0.824 bits per heavy atom. The number of hydrogen-bond acceptors (Lipinski definition) is 6. The topological polar surface area (TPSA) is 100 Å². The van der Waals surface area contributed by atoms with E-state index in [1.54, 1.807) is 43.5 Å². The molecule has 0 atom stereocenters. The van der Waals surface area contributed by atoms with Crippen molar-refractivity contribution in [2.24, 2.45) is 0 Å². The van der Waals surface area contributed by atoms with Crippen LogP contribution in [0.15, 0.2) is 78.9 Å². The zero-order valence-corrected chi connectivity index (χ0v) is 18.6. The smallest absolute Gasteiger partial charge is 0.323 e. The van der Waals surface area contributed by atoms with Crippen LogP contribution in [-0.4, -0.2) is 23.1 Å². The highest BCUT2D eigenvalue weighted by molar-refractivity contribution is 5.99. The minimum atomic E-state index is -0.540. The van der Waals surface area contributed by atoms with Crippen molar-refractivity contribution in [1.82, 2.24) is 9.97 Å². The molecule has 0 saturated carbocycles. The summed E-state index contributed by atoms with van der Waals surface area (Å²) in [6.45, 7) is 1.88. The average Bonchev–Trinajstić information content (AvgIpc) is 2.82. The summed E-state index contributed by atoms with van der Waals surface area (Å²) in [4.78, 5) is 21.1. The summed E-state index contributed by atoms with van der Waals surface area (Å²) in [7, 11) is 1.62. The lowest BCUT2D eigenvalue weighted by atomic mass is 10.3. The lowest BCUT2D eigenvalue weighted by molar-refractivity contribution is 0.262. The Kier molecular flexibility index (Phi) is 6.83. The number of carbonyl (C=O) groups excluding carboxylic acids is 1. The van der Waals surface area contributed by atoms with Gasteiger partial charge < -0.3 is 26.0 Å². The second-order valence-electron chi connectivity index (χ2n) is 7.33. The largest absolute Gasteiger partial charge is 0.497 e. The van der Waals surface area contributed by atoms with E-state index in [1.807, 2.05) is 37.3 Å². The van der Waals surface area contributed by atoms with Crippen LogP contribution in [0.3, 0.4) is 0 Å². The number of rotatable bonds is 7. The molecule has 172 valence electrons. The van der Waals surface area contributed by atoms with E-state index in [2.05, 4.69) is 31.2 Å². The van der Waals surface area contributed by atoms with Crippen LogP contribution < -0.4 is 26.0 Å². The Labute approximate surface area is 196 Å². The number of nitrogens with one attached hydrogen (secondary N) is 4. The highest BCUT2D eigenvalue weighted by Crippen LogP contribution is 2.22. The molecule has 0 bridgehead atoms. The van der Waals surface area contributed by atoms with Gasteiger partial charge in [-0.1, -0.05) is 12.1 Å². The number of hydrogen-bond donors (Lipinski definition) is 4. The highest BCUT2D eigenvalue weighted by atomic mass is 19.1. The first-order chi connectivity index (χ1) is 16.5. The van der Waals surface area contributed by atoms with E-state index in [-0.39, 0.29) is 5.69 Å². The average molecular weight is 458 g/mol. The van der Waals surface area contributed by atoms with Crippen LogP contribution in [0.2, 0.25) is 0 Å². The van der Waals surface area contributed by atoms with Gasteiger partial charge >= 0.3 is 6.03 Å². The van der Waals surface area contributed by atoms with Crippen LogP contribution in [0, 0.1) is 12.7 Å². The van der Waals surface area contributed by atoms with Crippen LogP contribution in [-0.2, 0) is 0 Å². The minimum absolute atomic E-state index is 0.105. The van der Waals surface area contributed by atoms with Crippen molar-refractivity contribution in [3.63, 3.8) is 0 Å². The fourth-order valence-electron chi connectivity index (χ4n) is 3.12. The van der Waals surface area contributed by atoms with Crippen molar-refractivity contribution in [3.8, 4) is 5.75 Å². The Bertz CT molecular complexity index is 1280. The Morgan fingerprint density at radius 3 is 2.18 bits per heavy atom. The molecular formula is C25H23FN6O2. The first-order valence-corrected chi connectivity index (χ1v) is 10.4. The molecule has 0 aliphatic rings. The van der Waals surface area contributed by atoms with E-state index in [1.165, 1.54) is 12.1 Å². The maximum atomic E-state index is 13.7. The number of methoxy groups -OCH3 is 1. The second-order valence-corrected chi connectivity index (χ2v) is 7.33. The Balaban J connectivity index is 1.38. The lowest BCUT2D eigenvalue weighted by Gasteiger charge is -2.11. The van der Waals surface area contributed by atoms with Crippen molar-refractivity contribution in [1.29, 1.82) is 0 Å². The molecule has 0 aliphatic carbocycles. The molecule has 0 saturated heterocycles. The monoisotopic (exact) mass is 458 g/mol. The fraction of sp³-hybridized carbons (Fsp3) is 0.0800. The maximum Gasteiger partial charge on any atom is 0.323 e. The van der Waals surface area contributed by atoms with Crippen LogP contribution in [0.4, 0.5) is 43.7 Å². The molecule has 4 N–H and O–H groups in total. The number of urea groups is 1. The number of benzene rings is 3. The molecule has 4 aromatic rings. The van der Waals surface area contributed by atoms with Gasteiger partial charge in [0.25, 0.3) is 0 Å². The SMILES string of the molecule is COc1ccc(Nc2cc(C)nc(Nc3ccc(NC(=O)Nc4ccccc4F)cc3)n2)cc1. The number of para-hydroxylation sites is 1. The first kappa shape index (κ1) is 22.5. The van der Waals surface area contributed by atoms with Crippen molar-refractivity contribution < 1.29 is 13.9 Å². The standard InChI is InChI=1S/C25H23FN6O2/c1-16-15-23(28-17-11-13-20(34-2)14-12-17)32-24(27-16)29-18-7-9-19(10-8-18)30-25(33)31-22-6-4-3-5-21(22)26/h3-15H,1-2H3,(H2,30,31,33)(H2,27,28,29,32). The molecule has 34 heavy (non-hydrogen) atoms. The Morgan fingerprint density at radius 2 is 1.47 bits per heavy atom. The van der Waals surface area contributed by atoms with Crippen LogP contribution in [0.25, 0.3) is 0 Å². The number of nitrogens with zero attached hydrogens (tertiary/aromatic N) is 2. The van der Waals surface area contributed by atoms with Gasteiger partial charge in [0.05, 0.1) is 12.8 Å². The van der Waals surface area contributed by atoms with Crippen molar-refractivity contribution in [2.45, 2.75) is 6.92 Å². The zero-order chi connectivity index (χ0) is 23.9. The third-order valence-electron chi connectivity index (χ3n) is 4.74. The van der Waals surface area contributed by atoms with Crippen molar-refractivity contribution >= 4 is 40.5 Å². The molecule has 0 fully saturated rings. The second kappa shape index (κ2) is 10.3. The number of amides is 2. The predicted molar refractivity (Wildman–Crippen MR) is 132 cm³/mol. The first-order valence-electron chi connectivity index (χ1n) is 10.4. The maximum absolute atomic E-state index is 13.7. The number of aromatic nitrogens is 2. The lowest BCUT2D eigenvalue weighted by Crippen LogP contribution is -2.20. The number of ether oxygens (including phenoxy) is 1. The van der Waals surface area contributed by atoms with Gasteiger partial charge in [-0.15, -0.1) is 0 Å². The summed E-state index contributed by atoms with van der Waals surface area (Å²) in [5, 5.41) is 11.6. The molecule has 3 aromatic carbocycles. The summed E-state index contributed by atoms with van der Waals surface area (Å²) in [6.07, 6.45) is 0. The summed E-state index contributed by atoms with van der Waals surface area (Å²) < 4.78 is 18.9. The van der Waals surface area contributed by atoms with E-state index in [0.29, 0.717) is 17.5 Å². The quantitative estimate of drug-likeness (QED) is 0.268. The molecule has 2 amide bonds. The number of aryl methyl sites for hydroxylation is 1. The third kappa shape index (κ3) is 5.98. The molecule has 8 nitrogen and oxygen atoms in total. The van der Waals surface area contributed by atoms with Crippen LogP contribution >= 0.6 is 0 Å². The van der Waals surface area contributed by atoms with Crippen LogP contribution in [0.5, 0.6) is 5.75 Å². The molecule has 0 unspecified atom stereocenters. The molecule has 9 heteroatoms. The van der Waals surface area contributed by atoms with E-state index in [4.69, 9.17) is 4.74 Å². The molecular weight excluding hydrogens is 435 g/mol. The summed E-state index contributed by atoms with van der Waals surface area (Å²) in [5.41, 5.74) is 3.05. The summed E-state index contributed by atoms with van der Waals surface area (Å²) in [6, 6.07) is 21.8. The highest BCUT2D eigenvalue weighted by Gasteiger charge is 2.08. The molecule has 1 aromatic heterocycles. The normalized spacial score (nSPS) is 10.3. The number of anilines is 6. The predicted octanol–water partition coefficient (Wildman–Crippen LogP) is 6.06. The van der Waals surface area contributed by atoms with Gasteiger partial charge in [0.2, 0.25) is 5.95 Å². The van der Waals surface area contributed by atoms with Gasteiger partial charge in [0, 0.05) is 28.8 Å². The third-order valence-corrected chi connectivity index (χ3v) is 4.74. The zero-order valence-electron chi connectivity index (χ0n) is 18.6. The fourth-order valence-corrected chi connectivity index (χ4v) is 3.12. The van der Waals surface area contributed by atoms with Gasteiger partial charge in [-0.25, -0.2) is 14.2 Å². The van der Waals surface area contributed by atoms with E-state index >= 15 is 0 Å². The van der Waals surface area contributed by atoms with E-state index in [9.17, 15) is 9.18 Å². The molecule has 4 rings (SSSR count). The van der Waals surface area contributed by atoms with Gasteiger partial charge in [0.1, 0.15) is 17.4 Å². The molecule has 0 spiro atoms. The van der Waals surface area contributed by atoms with Crippen LogP contribution in [0.1, 0.15) is 5.69 Å². The van der Waals surface area contributed by atoms with Crippen molar-refractivity contribution in [2.75, 3.05) is 28.4 Å². The van der Waals surface area contributed by atoms with Gasteiger partial charge in [-0.2, -0.15) is 4.98 Å². The van der Waals surface area contributed by atoms with Crippen molar-refractivity contribution in [3.05, 3.63) is 90.4 Å². The van der Waals surface area contributed by atoms with Gasteiger partial charge in [-0.3, -0.25) is 0 Å². The van der Waals surface area contributed by atoms with Gasteiger partial charge in [-0.05, 0) is 67.6 Å². The minimum Gasteiger partial charge on any atom is -0.497 e. The summed E-state index contributed by atoms with van der Waals surface area (Å²) in [5.74, 6) is 1.34. The molecule has 0 aliphatic heterocycles. The Hall–Kier alpha value is -4.66. The molecule has 0 radical (unpaired) electrons.